The van der Waals surface area contributed by atoms with Gasteiger partial charge in [-0.2, -0.15) is 0 Å². The van der Waals surface area contributed by atoms with E-state index in [4.69, 9.17) is 5.73 Å². The van der Waals surface area contributed by atoms with Crippen LogP contribution in [0.15, 0.2) is 18.5 Å². The summed E-state index contributed by atoms with van der Waals surface area (Å²) in [5.74, 6) is -0.00895. The number of nitrogens with zero attached hydrogens (tertiary/aromatic N) is 2. The lowest BCUT2D eigenvalue weighted by molar-refractivity contribution is -0.117. The molecule has 1 unspecified atom stereocenters. The molecule has 1 aliphatic heterocycles. The van der Waals surface area contributed by atoms with Crippen molar-refractivity contribution in [2.75, 3.05) is 17.2 Å². The molecule has 0 bridgehead atoms. The summed E-state index contributed by atoms with van der Waals surface area (Å²) in [5.41, 5.74) is 8.83. The van der Waals surface area contributed by atoms with Crippen LogP contribution < -0.4 is 10.6 Å². The Labute approximate surface area is 119 Å². The van der Waals surface area contributed by atoms with E-state index < -0.39 is 0 Å². The summed E-state index contributed by atoms with van der Waals surface area (Å²) in [7, 11) is 0. The van der Waals surface area contributed by atoms with Gasteiger partial charge in [0.25, 0.3) is 0 Å². The Bertz CT molecular complexity index is 697. The maximum Gasteiger partial charge on any atom is 0.228 e. The Morgan fingerprint density at radius 2 is 2.35 bits per heavy atom. The number of rotatable bonds is 2. The van der Waals surface area contributed by atoms with E-state index in [9.17, 15) is 9.59 Å². The zero-order chi connectivity index (χ0) is 14.3. The largest absolute Gasteiger partial charge is 0.397 e. The molecular formula is C13H14N4O2S. The molecule has 104 valence electrons. The normalized spacial score (nSPS) is 18.9. The number of amides is 1. The van der Waals surface area contributed by atoms with Crippen LogP contribution in [0.25, 0.3) is 11.0 Å². The number of hydrogen-bond acceptors (Lipinski definition) is 5. The van der Waals surface area contributed by atoms with Crippen LogP contribution in [0.1, 0.15) is 13.3 Å². The minimum absolute atomic E-state index is 0.00530. The fraction of sp³-hybridized carbons (Fsp3) is 0.308. The highest BCUT2D eigenvalue weighted by atomic mass is 32.2. The van der Waals surface area contributed by atoms with Crippen LogP contribution in [-0.2, 0) is 9.59 Å². The smallest absolute Gasteiger partial charge is 0.228 e. The van der Waals surface area contributed by atoms with Gasteiger partial charge in [-0.3, -0.25) is 9.59 Å². The first kappa shape index (κ1) is 13.0. The van der Waals surface area contributed by atoms with Crippen LogP contribution >= 0.6 is 11.8 Å². The zero-order valence-electron chi connectivity index (χ0n) is 10.9. The van der Waals surface area contributed by atoms with E-state index in [1.807, 2.05) is 0 Å². The first-order valence-electron chi connectivity index (χ1n) is 6.25. The molecule has 7 heteroatoms. The summed E-state index contributed by atoms with van der Waals surface area (Å²) in [5, 5.41) is 0.0228. The maximum absolute atomic E-state index is 12.1. The van der Waals surface area contributed by atoms with Gasteiger partial charge in [0.05, 0.1) is 28.7 Å². The number of nitrogens with two attached hydrogens (primary N) is 1. The average Bonchev–Trinajstić information content (AvgIpc) is 2.93. The van der Waals surface area contributed by atoms with Gasteiger partial charge in [0.15, 0.2) is 5.12 Å². The number of nitrogen functional groups attached to an aromatic ring is 1. The van der Waals surface area contributed by atoms with Crippen molar-refractivity contribution in [3.8, 4) is 0 Å². The van der Waals surface area contributed by atoms with Gasteiger partial charge in [-0.15, -0.1) is 0 Å². The first-order chi connectivity index (χ1) is 9.54. The number of H-pyrrole nitrogens is 1. The Kier molecular flexibility index (Phi) is 3.13. The highest BCUT2D eigenvalue weighted by Gasteiger charge is 2.33. The molecule has 1 saturated heterocycles. The predicted octanol–water partition coefficient (Wildman–Crippen LogP) is 1.53. The molecule has 1 aromatic heterocycles. The lowest BCUT2D eigenvalue weighted by atomic mass is 10.2. The van der Waals surface area contributed by atoms with Gasteiger partial charge in [-0.05, 0) is 12.1 Å². The molecule has 1 atom stereocenters. The monoisotopic (exact) mass is 290 g/mol. The second-order valence-electron chi connectivity index (χ2n) is 4.77. The molecule has 0 saturated carbocycles. The van der Waals surface area contributed by atoms with Crippen LogP contribution in [0.5, 0.6) is 0 Å². The highest BCUT2D eigenvalue weighted by molar-refractivity contribution is 8.14. The summed E-state index contributed by atoms with van der Waals surface area (Å²) in [4.78, 5) is 32.1. The molecule has 6 nitrogen and oxygen atoms in total. The van der Waals surface area contributed by atoms with Gasteiger partial charge in [-0.25, -0.2) is 4.98 Å². The molecule has 3 N–H and O–H groups in total. The number of carbonyl (C=O) groups excluding carboxylic acids is 2. The number of thioether (sulfide) groups is 1. The van der Waals surface area contributed by atoms with Gasteiger partial charge in [-0.1, -0.05) is 11.8 Å². The van der Waals surface area contributed by atoms with Crippen molar-refractivity contribution in [3.05, 3.63) is 18.5 Å². The maximum atomic E-state index is 12.1. The van der Waals surface area contributed by atoms with E-state index in [1.165, 1.54) is 18.7 Å². The van der Waals surface area contributed by atoms with E-state index in [2.05, 4.69) is 9.97 Å². The third kappa shape index (κ3) is 2.24. The van der Waals surface area contributed by atoms with Crippen LogP contribution in [0.2, 0.25) is 0 Å². The van der Waals surface area contributed by atoms with Gasteiger partial charge in [0.1, 0.15) is 0 Å². The van der Waals surface area contributed by atoms with Gasteiger partial charge in [0.2, 0.25) is 5.91 Å². The number of imidazole rings is 1. The van der Waals surface area contributed by atoms with Crippen molar-refractivity contribution >= 4 is 45.2 Å². The van der Waals surface area contributed by atoms with Crippen LogP contribution in [0.3, 0.4) is 0 Å². The fourth-order valence-electron chi connectivity index (χ4n) is 2.44. The number of fused-ring (bicyclic) bond motifs is 1. The van der Waals surface area contributed by atoms with E-state index in [1.54, 1.807) is 23.4 Å². The molecular weight excluding hydrogens is 276 g/mol. The Morgan fingerprint density at radius 1 is 1.55 bits per heavy atom. The predicted molar refractivity (Wildman–Crippen MR) is 79.5 cm³/mol. The lowest BCUT2D eigenvalue weighted by Crippen LogP contribution is -2.25. The Hall–Kier alpha value is -2.02. The van der Waals surface area contributed by atoms with Crippen molar-refractivity contribution < 1.29 is 9.59 Å². The number of hydrogen-bond donors (Lipinski definition) is 2. The topological polar surface area (TPSA) is 92.1 Å². The number of carbonyl (C=O) groups is 2. The molecule has 0 aliphatic carbocycles. The van der Waals surface area contributed by atoms with Crippen LogP contribution in [0, 0.1) is 0 Å². The second kappa shape index (κ2) is 4.82. The summed E-state index contributed by atoms with van der Waals surface area (Å²) in [6, 6.07) is 3.58. The Balaban J connectivity index is 1.92. The van der Waals surface area contributed by atoms with Crippen molar-refractivity contribution in [2.45, 2.75) is 18.6 Å². The molecule has 20 heavy (non-hydrogen) atoms. The number of anilines is 2. The summed E-state index contributed by atoms with van der Waals surface area (Å²) in [6.45, 7) is 2.02. The molecule has 1 aliphatic rings. The van der Waals surface area contributed by atoms with E-state index in [0.29, 0.717) is 24.3 Å². The fourth-order valence-corrected chi connectivity index (χ4v) is 3.36. The van der Waals surface area contributed by atoms with Crippen molar-refractivity contribution in [2.24, 2.45) is 0 Å². The Morgan fingerprint density at radius 3 is 3.10 bits per heavy atom. The number of aromatic amines is 1. The molecule has 3 rings (SSSR count). The average molecular weight is 290 g/mol. The second-order valence-corrected chi connectivity index (χ2v) is 6.25. The molecule has 1 amide bonds. The van der Waals surface area contributed by atoms with Crippen LogP contribution in [0.4, 0.5) is 11.4 Å². The van der Waals surface area contributed by atoms with Crippen LogP contribution in [-0.4, -0.2) is 32.8 Å². The van der Waals surface area contributed by atoms with Gasteiger partial charge < -0.3 is 15.6 Å². The molecule has 0 spiro atoms. The number of aromatic nitrogens is 2. The summed E-state index contributed by atoms with van der Waals surface area (Å²) in [6.07, 6.45) is 1.95. The molecule has 1 aromatic carbocycles. The van der Waals surface area contributed by atoms with Crippen molar-refractivity contribution in [3.63, 3.8) is 0 Å². The summed E-state index contributed by atoms with van der Waals surface area (Å²) < 4.78 is 0. The first-order valence-corrected chi connectivity index (χ1v) is 7.13. The lowest BCUT2D eigenvalue weighted by Gasteiger charge is -2.18. The third-order valence-corrected chi connectivity index (χ3v) is 4.26. The quantitative estimate of drug-likeness (QED) is 0.818. The molecule has 2 aromatic rings. The standard InChI is InChI=1S/C13H14N4O2S/c1-7(18)20-8-2-13(19)17(5-8)12-4-11-10(3-9(12)14)15-6-16-11/h3-4,6,8H,2,5,14H2,1H3,(H,15,16). The minimum Gasteiger partial charge on any atom is -0.397 e. The number of nitrogens with one attached hydrogen (secondary N) is 1. The molecule has 2 heterocycles. The van der Waals surface area contributed by atoms with Crippen molar-refractivity contribution in [1.29, 1.82) is 0 Å². The van der Waals surface area contributed by atoms with E-state index in [-0.39, 0.29) is 16.3 Å². The van der Waals surface area contributed by atoms with Crippen molar-refractivity contribution in [1.82, 2.24) is 9.97 Å². The van der Waals surface area contributed by atoms with E-state index in [0.717, 1.165) is 11.0 Å². The highest BCUT2D eigenvalue weighted by Crippen LogP contribution is 2.33. The van der Waals surface area contributed by atoms with Gasteiger partial charge in [0, 0.05) is 25.1 Å². The van der Waals surface area contributed by atoms with Gasteiger partial charge >= 0.3 is 0 Å². The molecule has 0 radical (unpaired) electrons. The zero-order valence-corrected chi connectivity index (χ0v) is 11.7. The SMILES string of the molecule is CC(=O)SC1CC(=O)N(c2cc3nc[nH]c3cc2N)C1. The third-order valence-electron chi connectivity index (χ3n) is 3.28. The minimum atomic E-state index is -0.00895. The van der Waals surface area contributed by atoms with E-state index >= 15 is 0 Å². The molecule has 1 fully saturated rings. The number of benzene rings is 1. The summed E-state index contributed by atoms with van der Waals surface area (Å²) >= 11 is 1.21.